The van der Waals surface area contributed by atoms with Crippen LogP contribution in [0.25, 0.3) is 10.2 Å². The van der Waals surface area contributed by atoms with Crippen molar-refractivity contribution in [3.8, 4) is 0 Å². The molecule has 0 amide bonds. The van der Waals surface area contributed by atoms with Crippen molar-refractivity contribution in [3.63, 3.8) is 0 Å². The second-order valence-corrected chi connectivity index (χ2v) is 6.92. The van der Waals surface area contributed by atoms with Gasteiger partial charge >= 0.3 is 0 Å². The molecule has 3 rings (SSSR count). The van der Waals surface area contributed by atoms with Crippen LogP contribution in [0.15, 0.2) is 51.5 Å². The molecule has 0 spiro atoms. The van der Waals surface area contributed by atoms with Gasteiger partial charge in [-0.3, -0.25) is 4.98 Å². The molecule has 90 valence electrons. The highest BCUT2D eigenvalue weighted by molar-refractivity contribution is 9.10. The van der Waals surface area contributed by atoms with Gasteiger partial charge in [-0.1, -0.05) is 23.9 Å². The lowest BCUT2D eigenvalue weighted by molar-refractivity contribution is 1.23. The van der Waals surface area contributed by atoms with Crippen LogP contribution in [-0.4, -0.2) is 9.97 Å². The van der Waals surface area contributed by atoms with E-state index in [0.29, 0.717) is 0 Å². The van der Waals surface area contributed by atoms with Gasteiger partial charge in [0.15, 0.2) is 4.34 Å². The number of aromatic nitrogens is 2. The standard InChI is InChI=1S/C13H9BrN2S2/c14-10-5-9(6-15-7-10)8-17-13-16-11-3-1-2-4-12(11)18-13/h1-7H,8H2. The minimum absolute atomic E-state index is 0.895. The first kappa shape index (κ1) is 12.1. The third-order valence-electron chi connectivity index (χ3n) is 2.40. The van der Waals surface area contributed by atoms with Gasteiger partial charge in [-0.15, -0.1) is 11.3 Å². The van der Waals surface area contributed by atoms with E-state index in [-0.39, 0.29) is 0 Å². The Morgan fingerprint density at radius 3 is 2.94 bits per heavy atom. The minimum Gasteiger partial charge on any atom is -0.263 e. The highest BCUT2D eigenvalue weighted by Gasteiger charge is 2.04. The van der Waals surface area contributed by atoms with Gasteiger partial charge in [0.05, 0.1) is 10.2 Å². The smallest absolute Gasteiger partial charge is 0.151 e. The summed E-state index contributed by atoms with van der Waals surface area (Å²) in [6.07, 6.45) is 3.69. The van der Waals surface area contributed by atoms with E-state index in [1.54, 1.807) is 29.3 Å². The molecule has 18 heavy (non-hydrogen) atoms. The van der Waals surface area contributed by atoms with Gasteiger partial charge in [0.1, 0.15) is 0 Å². The van der Waals surface area contributed by atoms with Gasteiger partial charge in [-0.05, 0) is 39.7 Å². The van der Waals surface area contributed by atoms with E-state index >= 15 is 0 Å². The van der Waals surface area contributed by atoms with Gasteiger partial charge in [0, 0.05) is 22.6 Å². The third-order valence-corrected chi connectivity index (χ3v) is 5.08. The normalized spacial score (nSPS) is 10.9. The molecule has 0 aliphatic heterocycles. The highest BCUT2D eigenvalue weighted by atomic mass is 79.9. The molecule has 0 unspecified atom stereocenters. The first-order valence-electron chi connectivity index (χ1n) is 5.39. The SMILES string of the molecule is Brc1cncc(CSc2nc3ccccc3s2)c1. The summed E-state index contributed by atoms with van der Waals surface area (Å²) in [7, 11) is 0. The molecule has 2 nitrogen and oxygen atoms in total. The second kappa shape index (κ2) is 5.38. The number of benzene rings is 1. The number of thioether (sulfide) groups is 1. The maximum atomic E-state index is 4.60. The van der Waals surface area contributed by atoms with Crippen molar-refractivity contribution in [1.29, 1.82) is 0 Å². The van der Waals surface area contributed by atoms with Crippen molar-refractivity contribution >= 4 is 49.2 Å². The van der Waals surface area contributed by atoms with Gasteiger partial charge in [0.2, 0.25) is 0 Å². The Bertz CT molecular complexity index is 648. The van der Waals surface area contributed by atoms with Crippen LogP contribution in [0.5, 0.6) is 0 Å². The monoisotopic (exact) mass is 336 g/mol. The summed E-state index contributed by atoms with van der Waals surface area (Å²) in [6.45, 7) is 0. The summed E-state index contributed by atoms with van der Waals surface area (Å²) >= 11 is 6.93. The molecule has 0 fully saturated rings. The maximum absolute atomic E-state index is 4.60. The van der Waals surface area contributed by atoms with Gasteiger partial charge in [-0.2, -0.15) is 0 Å². The Labute approximate surface area is 122 Å². The summed E-state index contributed by atoms with van der Waals surface area (Å²) in [5.74, 6) is 0.895. The van der Waals surface area contributed by atoms with E-state index in [1.165, 1.54) is 10.3 Å². The first-order chi connectivity index (χ1) is 8.81. The number of fused-ring (bicyclic) bond motifs is 1. The summed E-state index contributed by atoms with van der Waals surface area (Å²) in [5.41, 5.74) is 2.28. The van der Waals surface area contributed by atoms with Crippen molar-refractivity contribution in [1.82, 2.24) is 9.97 Å². The molecule has 2 heterocycles. The molecular weight excluding hydrogens is 328 g/mol. The summed E-state index contributed by atoms with van der Waals surface area (Å²) < 4.78 is 3.37. The predicted molar refractivity (Wildman–Crippen MR) is 81.1 cm³/mol. The summed E-state index contributed by atoms with van der Waals surface area (Å²) in [6, 6.07) is 10.3. The molecule has 0 atom stereocenters. The van der Waals surface area contributed by atoms with Crippen LogP contribution >= 0.6 is 39.0 Å². The molecule has 0 aliphatic carbocycles. The quantitative estimate of drug-likeness (QED) is 0.645. The molecule has 0 bridgehead atoms. The Balaban J connectivity index is 1.76. The fourth-order valence-electron chi connectivity index (χ4n) is 1.59. The lowest BCUT2D eigenvalue weighted by Crippen LogP contribution is -1.82. The lowest BCUT2D eigenvalue weighted by atomic mass is 10.3. The Hall–Kier alpha value is -0.910. The van der Waals surface area contributed by atoms with Crippen LogP contribution in [-0.2, 0) is 5.75 Å². The van der Waals surface area contributed by atoms with Crippen molar-refractivity contribution in [2.45, 2.75) is 10.1 Å². The van der Waals surface area contributed by atoms with E-state index in [9.17, 15) is 0 Å². The highest BCUT2D eigenvalue weighted by Crippen LogP contribution is 2.31. The van der Waals surface area contributed by atoms with Gasteiger partial charge in [0.25, 0.3) is 0 Å². The molecule has 3 aromatic rings. The molecule has 0 saturated heterocycles. The third kappa shape index (κ3) is 2.74. The van der Waals surface area contributed by atoms with Crippen LogP contribution in [0.3, 0.4) is 0 Å². The zero-order valence-corrected chi connectivity index (χ0v) is 12.6. The zero-order valence-electron chi connectivity index (χ0n) is 9.34. The Morgan fingerprint density at radius 2 is 2.11 bits per heavy atom. The Kier molecular flexibility index (Phi) is 3.63. The van der Waals surface area contributed by atoms with Crippen LogP contribution in [0.2, 0.25) is 0 Å². The van der Waals surface area contributed by atoms with Crippen molar-refractivity contribution in [2.24, 2.45) is 0 Å². The Morgan fingerprint density at radius 1 is 1.22 bits per heavy atom. The molecule has 2 aromatic heterocycles. The molecule has 0 radical (unpaired) electrons. The summed E-state index contributed by atoms with van der Waals surface area (Å²) in [4.78, 5) is 8.76. The number of nitrogens with zero attached hydrogens (tertiary/aromatic N) is 2. The van der Waals surface area contributed by atoms with E-state index < -0.39 is 0 Å². The summed E-state index contributed by atoms with van der Waals surface area (Å²) in [5, 5.41) is 0. The van der Waals surface area contributed by atoms with Crippen LogP contribution in [0, 0.1) is 0 Å². The molecular formula is C13H9BrN2S2. The molecule has 0 N–H and O–H groups in total. The lowest BCUT2D eigenvalue weighted by Gasteiger charge is -1.98. The fraction of sp³-hybridized carbons (Fsp3) is 0.0769. The molecule has 1 aromatic carbocycles. The average molecular weight is 337 g/mol. The first-order valence-corrected chi connectivity index (χ1v) is 7.98. The van der Waals surface area contributed by atoms with Crippen LogP contribution in [0.4, 0.5) is 0 Å². The molecule has 0 saturated carbocycles. The van der Waals surface area contributed by atoms with E-state index in [1.807, 2.05) is 18.3 Å². The van der Waals surface area contributed by atoms with Crippen LogP contribution in [0.1, 0.15) is 5.56 Å². The van der Waals surface area contributed by atoms with E-state index in [4.69, 9.17) is 0 Å². The number of halogens is 1. The topological polar surface area (TPSA) is 25.8 Å². The van der Waals surface area contributed by atoms with Crippen LogP contribution < -0.4 is 0 Å². The zero-order chi connectivity index (χ0) is 12.4. The number of thiazole rings is 1. The van der Waals surface area contributed by atoms with E-state index in [2.05, 4.69) is 44.1 Å². The maximum Gasteiger partial charge on any atom is 0.151 e. The van der Waals surface area contributed by atoms with E-state index in [0.717, 1.165) is 20.1 Å². The number of pyridine rings is 1. The fourth-order valence-corrected chi connectivity index (χ4v) is 3.99. The van der Waals surface area contributed by atoms with Crippen molar-refractivity contribution in [3.05, 3.63) is 52.8 Å². The number of hydrogen-bond donors (Lipinski definition) is 0. The number of para-hydroxylation sites is 1. The van der Waals surface area contributed by atoms with Gasteiger partial charge in [-0.25, -0.2) is 4.98 Å². The molecule has 0 aliphatic rings. The average Bonchev–Trinajstić information content (AvgIpc) is 2.79. The minimum atomic E-state index is 0.895. The van der Waals surface area contributed by atoms with Crippen molar-refractivity contribution in [2.75, 3.05) is 0 Å². The number of hydrogen-bond acceptors (Lipinski definition) is 4. The number of rotatable bonds is 3. The largest absolute Gasteiger partial charge is 0.263 e. The predicted octanol–water partition coefficient (Wildman–Crippen LogP) is 4.75. The second-order valence-electron chi connectivity index (χ2n) is 3.75. The molecule has 5 heteroatoms. The van der Waals surface area contributed by atoms with Gasteiger partial charge < -0.3 is 0 Å². The van der Waals surface area contributed by atoms with Crippen molar-refractivity contribution < 1.29 is 0 Å².